The first-order valence-electron chi connectivity index (χ1n) is 14.5. The van der Waals surface area contributed by atoms with Gasteiger partial charge in [-0.3, -0.25) is 15.0 Å². The number of carbonyl (C=O) groups is 4. The van der Waals surface area contributed by atoms with E-state index >= 15 is 0 Å². The van der Waals surface area contributed by atoms with E-state index in [4.69, 9.17) is 11.1 Å². The molecule has 4 amide bonds. The number of nitrogens with one attached hydrogen (secondary N) is 1. The Morgan fingerprint density at radius 3 is 2.30 bits per heavy atom. The van der Waals surface area contributed by atoms with Crippen LogP contribution in [0.15, 0.2) is 30.3 Å². The SMILES string of the molecule is N=C(N)N1CCCC(CCC2C(=O)N(C(=O)N3CCN(C(=O)CCCCCc4ccccc4)CC3)C2C(=O)O)C1. The lowest BCUT2D eigenvalue weighted by molar-refractivity contribution is -0.167. The van der Waals surface area contributed by atoms with Gasteiger partial charge in [0.25, 0.3) is 0 Å². The Labute approximate surface area is 235 Å². The van der Waals surface area contributed by atoms with E-state index in [0.717, 1.165) is 50.0 Å². The highest BCUT2D eigenvalue weighted by atomic mass is 16.4. The zero-order chi connectivity index (χ0) is 28.6. The van der Waals surface area contributed by atoms with Crippen molar-refractivity contribution in [3.63, 3.8) is 0 Å². The molecule has 218 valence electrons. The summed E-state index contributed by atoms with van der Waals surface area (Å²) in [5.41, 5.74) is 6.91. The van der Waals surface area contributed by atoms with Gasteiger partial charge in [0.2, 0.25) is 11.8 Å². The summed E-state index contributed by atoms with van der Waals surface area (Å²) in [4.78, 5) is 56.7. The van der Waals surface area contributed by atoms with Gasteiger partial charge in [0, 0.05) is 45.7 Å². The van der Waals surface area contributed by atoms with Gasteiger partial charge in [0.05, 0.1) is 5.92 Å². The Bertz CT molecular complexity index is 1070. The van der Waals surface area contributed by atoms with E-state index in [-0.39, 0.29) is 30.9 Å². The second-order valence-corrected chi connectivity index (χ2v) is 11.2. The molecule has 11 nitrogen and oxygen atoms in total. The van der Waals surface area contributed by atoms with E-state index in [1.165, 1.54) is 10.5 Å². The molecule has 3 atom stereocenters. The van der Waals surface area contributed by atoms with E-state index in [9.17, 15) is 24.3 Å². The number of guanidine groups is 1. The van der Waals surface area contributed by atoms with Crippen LogP contribution in [0.25, 0.3) is 0 Å². The fourth-order valence-electron chi connectivity index (χ4n) is 6.14. The number of piperidine rings is 1. The second-order valence-electron chi connectivity index (χ2n) is 11.2. The summed E-state index contributed by atoms with van der Waals surface area (Å²) in [6.45, 7) is 2.69. The van der Waals surface area contributed by atoms with E-state index in [0.29, 0.717) is 38.9 Å². The van der Waals surface area contributed by atoms with Crippen LogP contribution in [-0.4, -0.2) is 99.8 Å². The number of benzene rings is 1. The number of carbonyl (C=O) groups excluding carboxylic acids is 3. The van der Waals surface area contributed by atoms with Gasteiger partial charge in [-0.25, -0.2) is 14.5 Å². The van der Waals surface area contributed by atoms with Crippen molar-refractivity contribution in [1.29, 1.82) is 5.41 Å². The maximum absolute atomic E-state index is 13.1. The Balaban J connectivity index is 1.18. The third-order valence-corrected chi connectivity index (χ3v) is 8.52. The zero-order valence-electron chi connectivity index (χ0n) is 23.2. The summed E-state index contributed by atoms with van der Waals surface area (Å²) in [6, 6.07) is 8.54. The van der Waals surface area contributed by atoms with Crippen molar-refractivity contribution in [2.45, 2.75) is 63.8 Å². The summed E-state index contributed by atoms with van der Waals surface area (Å²) in [7, 11) is 0. The van der Waals surface area contributed by atoms with E-state index in [1.54, 1.807) is 9.80 Å². The number of imide groups is 1. The van der Waals surface area contributed by atoms with E-state index in [1.807, 2.05) is 18.2 Å². The van der Waals surface area contributed by atoms with Gasteiger partial charge in [0.1, 0.15) is 0 Å². The number of amides is 4. The predicted molar refractivity (Wildman–Crippen MR) is 149 cm³/mol. The summed E-state index contributed by atoms with van der Waals surface area (Å²) in [5.74, 6) is -2.00. The quantitative estimate of drug-likeness (QED) is 0.174. The predicted octanol–water partition coefficient (Wildman–Crippen LogP) is 2.35. The molecule has 0 radical (unpaired) electrons. The van der Waals surface area contributed by atoms with Crippen molar-refractivity contribution in [2.75, 3.05) is 39.3 Å². The smallest absolute Gasteiger partial charge is 0.327 e. The highest BCUT2D eigenvalue weighted by Crippen LogP contribution is 2.34. The van der Waals surface area contributed by atoms with Crippen LogP contribution < -0.4 is 5.73 Å². The Morgan fingerprint density at radius 2 is 1.62 bits per heavy atom. The minimum absolute atomic E-state index is 0.0326. The summed E-state index contributed by atoms with van der Waals surface area (Å²) in [5, 5.41) is 17.5. The molecule has 3 heterocycles. The number of hydrogen-bond donors (Lipinski definition) is 3. The monoisotopic (exact) mass is 554 g/mol. The number of likely N-dealkylation sites (tertiary alicyclic amines) is 2. The highest BCUT2D eigenvalue weighted by Gasteiger charge is 2.55. The van der Waals surface area contributed by atoms with Gasteiger partial charge in [-0.2, -0.15) is 0 Å². The van der Waals surface area contributed by atoms with Crippen LogP contribution in [0.2, 0.25) is 0 Å². The molecule has 4 N–H and O–H groups in total. The van der Waals surface area contributed by atoms with Crippen LogP contribution in [0.3, 0.4) is 0 Å². The number of unbranched alkanes of at least 4 members (excludes halogenated alkanes) is 2. The summed E-state index contributed by atoms with van der Waals surface area (Å²) >= 11 is 0. The molecule has 0 spiro atoms. The van der Waals surface area contributed by atoms with Crippen molar-refractivity contribution in [2.24, 2.45) is 17.6 Å². The van der Waals surface area contributed by atoms with Gasteiger partial charge < -0.3 is 25.5 Å². The van der Waals surface area contributed by atoms with Crippen LogP contribution in [0, 0.1) is 17.2 Å². The molecule has 0 aliphatic carbocycles. The largest absolute Gasteiger partial charge is 0.480 e. The zero-order valence-corrected chi connectivity index (χ0v) is 23.2. The first kappa shape index (κ1) is 29.4. The number of rotatable bonds is 10. The van der Waals surface area contributed by atoms with Crippen LogP contribution >= 0.6 is 0 Å². The third kappa shape index (κ3) is 7.11. The molecule has 0 saturated carbocycles. The molecule has 4 rings (SSSR count). The Hall–Kier alpha value is -3.63. The average molecular weight is 555 g/mol. The number of carboxylic acid groups (broad SMARTS) is 1. The molecule has 1 aromatic carbocycles. The lowest BCUT2D eigenvalue weighted by Crippen LogP contribution is -2.69. The molecular weight excluding hydrogens is 512 g/mol. The van der Waals surface area contributed by atoms with Gasteiger partial charge in [-0.05, 0) is 56.4 Å². The number of β-lactam (4-membered cyclic amide) rings is 1. The number of nitrogens with two attached hydrogens (primary N) is 1. The minimum atomic E-state index is -1.17. The van der Waals surface area contributed by atoms with Crippen LogP contribution in [0.1, 0.15) is 56.9 Å². The first-order chi connectivity index (χ1) is 19.3. The van der Waals surface area contributed by atoms with E-state index in [2.05, 4.69) is 12.1 Å². The standard InChI is InChI=1S/C29H42N6O5/c30-28(31)34-15-7-11-22(20-34)13-14-23-25(27(38)39)35(26(23)37)29(40)33-18-16-32(17-19-33)24(36)12-6-2-5-10-21-8-3-1-4-9-21/h1,3-4,8-9,22-23,25H,2,5-7,10-20H2,(H3,30,31)(H,38,39). The van der Waals surface area contributed by atoms with Gasteiger partial charge >= 0.3 is 12.0 Å². The van der Waals surface area contributed by atoms with Gasteiger partial charge in [-0.15, -0.1) is 0 Å². The molecule has 40 heavy (non-hydrogen) atoms. The number of nitrogens with zero attached hydrogens (tertiary/aromatic N) is 4. The molecule has 0 bridgehead atoms. The molecule has 3 saturated heterocycles. The molecule has 3 aliphatic heterocycles. The van der Waals surface area contributed by atoms with Crippen molar-refractivity contribution < 1.29 is 24.3 Å². The van der Waals surface area contributed by atoms with E-state index < -0.39 is 29.9 Å². The first-order valence-corrected chi connectivity index (χ1v) is 14.5. The highest BCUT2D eigenvalue weighted by molar-refractivity contribution is 6.07. The maximum atomic E-state index is 13.1. The number of carboxylic acids is 1. The number of aryl methyl sites for hydroxylation is 1. The van der Waals surface area contributed by atoms with Crippen molar-refractivity contribution in [3.05, 3.63) is 35.9 Å². The number of piperazine rings is 1. The Kier molecular flexibility index (Phi) is 10.0. The lowest BCUT2D eigenvalue weighted by Gasteiger charge is -2.46. The van der Waals surface area contributed by atoms with Crippen LogP contribution in [0.4, 0.5) is 4.79 Å². The van der Waals surface area contributed by atoms with Crippen molar-refractivity contribution >= 4 is 29.8 Å². The number of aliphatic carboxylic acids is 1. The Morgan fingerprint density at radius 1 is 0.925 bits per heavy atom. The van der Waals surface area contributed by atoms with Crippen LogP contribution in [-0.2, 0) is 20.8 Å². The average Bonchev–Trinajstić information content (AvgIpc) is 2.96. The molecule has 0 aromatic heterocycles. The normalized spacial score (nSPS) is 23.1. The molecule has 3 aliphatic rings. The third-order valence-electron chi connectivity index (χ3n) is 8.52. The van der Waals surface area contributed by atoms with Gasteiger partial charge in [-0.1, -0.05) is 36.8 Å². The second kappa shape index (κ2) is 13.6. The molecule has 11 heteroatoms. The summed E-state index contributed by atoms with van der Waals surface area (Å²) in [6.07, 6.45) is 7.20. The van der Waals surface area contributed by atoms with Crippen molar-refractivity contribution in [3.8, 4) is 0 Å². The van der Waals surface area contributed by atoms with Crippen molar-refractivity contribution in [1.82, 2.24) is 19.6 Å². The molecule has 3 unspecified atom stereocenters. The fourth-order valence-corrected chi connectivity index (χ4v) is 6.14. The summed E-state index contributed by atoms with van der Waals surface area (Å²) < 4.78 is 0. The molecule has 3 fully saturated rings. The number of urea groups is 1. The van der Waals surface area contributed by atoms with Crippen LogP contribution in [0.5, 0.6) is 0 Å². The number of hydrogen-bond acceptors (Lipinski definition) is 5. The minimum Gasteiger partial charge on any atom is -0.480 e. The maximum Gasteiger partial charge on any atom is 0.327 e. The molecular formula is C29H42N6O5. The molecule has 1 aromatic rings. The van der Waals surface area contributed by atoms with Gasteiger partial charge in [0.15, 0.2) is 12.0 Å². The fraction of sp³-hybridized carbons (Fsp3) is 0.621. The lowest BCUT2D eigenvalue weighted by atomic mass is 9.80. The topological polar surface area (TPSA) is 151 Å².